The number of nitrogens with one attached hydrogen (secondary N) is 1. The van der Waals surface area contributed by atoms with E-state index in [4.69, 9.17) is 9.47 Å². The first kappa shape index (κ1) is 16.7. The minimum Gasteiger partial charge on any atom is -0.486 e. The van der Waals surface area contributed by atoms with Crippen LogP contribution in [0.15, 0.2) is 40.9 Å². The van der Waals surface area contributed by atoms with E-state index in [2.05, 4.69) is 21.2 Å². The molecule has 126 valence electrons. The summed E-state index contributed by atoms with van der Waals surface area (Å²) in [5, 5.41) is 14.2. The fraction of sp³-hybridized carbons (Fsp3) is 0.294. The predicted molar refractivity (Wildman–Crippen MR) is 93.5 cm³/mol. The normalized spacial score (nSPS) is 14.2. The summed E-state index contributed by atoms with van der Waals surface area (Å²) in [6.45, 7) is 3.67. The highest BCUT2D eigenvalue weighted by atomic mass is 79.9. The van der Waals surface area contributed by atoms with Crippen LogP contribution in [0, 0.1) is 10.1 Å². The van der Waals surface area contributed by atoms with Gasteiger partial charge < -0.3 is 14.8 Å². The van der Waals surface area contributed by atoms with Crippen LogP contribution in [0.5, 0.6) is 11.5 Å². The summed E-state index contributed by atoms with van der Waals surface area (Å²) >= 11 is 3.57. The summed E-state index contributed by atoms with van der Waals surface area (Å²) in [7, 11) is 0. The van der Waals surface area contributed by atoms with Crippen LogP contribution in [0.25, 0.3) is 0 Å². The first-order valence-electron chi connectivity index (χ1n) is 7.60. The van der Waals surface area contributed by atoms with Crippen LogP contribution in [0.3, 0.4) is 0 Å². The van der Waals surface area contributed by atoms with Gasteiger partial charge in [0.2, 0.25) is 0 Å². The Kier molecular flexibility index (Phi) is 5.01. The van der Waals surface area contributed by atoms with Gasteiger partial charge in [-0.15, -0.1) is 0 Å². The molecular weight excluding hydrogens is 376 g/mol. The number of hydrogen-bond acceptors (Lipinski definition) is 5. The molecule has 0 bridgehead atoms. The second kappa shape index (κ2) is 7.19. The molecule has 0 saturated heterocycles. The fourth-order valence-corrected chi connectivity index (χ4v) is 3.24. The molecule has 2 aromatic carbocycles. The minimum absolute atomic E-state index is 0.0365. The van der Waals surface area contributed by atoms with Gasteiger partial charge in [0.1, 0.15) is 13.2 Å². The number of benzene rings is 2. The summed E-state index contributed by atoms with van der Waals surface area (Å²) in [6.07, 6.45) is 0. The van der Waals surface area contributed by atoms with Gasteiger partial charge in [-0.1, -0.05) is 28.1 Å². The lowest BCUT2D eigenvalue weighted by molar-refractivity contribution is -0.384. The molecule has 0 radical (unpaired) electrons. The molecule has 0 saturated carbocycles. The van der Waals surface area contributed by atoms with E-state index < -0.39 is 0 Å². The van der Waals surface area contributed by atoms with Gasteiger partial charge in [0.15, 0.2) is 11.5 Å². The zero-order chi connectivity index (χ0) is 17.1. The largest absolute Gasteiger partial charge is 0.486 e. The Morgan fingerprint density at radius 3 is 2.67 bits per heavy atom. The molecule has 0 aliphatic carbocycles. The third-order valence-electron chi connectivity index (χ3n) is 3.86. The predicted octanol–water partition coefficient (Wildman–Crippen LogP) is 3.98. The van der Waals surface area contributed by atoms with Gasteiger partial charge in [0.05, 0.1) is 4.92 Å². The SMILES string of the molecule is CC(NCc1cccc([N+](=O)[O-])c1)c1cc2c(cc1Br)OCCO2. The van der Waals surface area contributed by atoms with Crippen molar-refractivity contribution in [2.75, 3.05) is 13.2 Å². The summed E-state index contributed by atoms with van der Waals surface area (Å²) in [4.78, 5) is 10.5. The molecule has 1 aliphatic rings. The van der Waals surface area contributed by atoms with E-state index in [9.17, 15) is 10.1 Å². The van der Waals surface area contributed by atoms with Crippen LogP contribution in [0.2, 0.25) is 0 Å². The van der Waals surface area contributed by atoms with E-state index in [1.807, 2.05) is 25.1 Å². The van der Waals surface area contributed by atoms with Crippen molar-refractivity contribution in [2.24, 2.45) is 0 Å². The standard InChI is InChI=1S/C17H17BrN2O4/c1-11(19-10-12-3-2-4-13(7-12)20(21)22)14-8-16-17(9-15(14)18)24-6-5-23-16/h2-4,7-9,11,19H,5-6,10H2,1H3. The monoisotopic (exact) mass is 392 g/mol. The van der Waals surface area contributed by atoms with Crippen LogP contribution in [-0.4, -0.2) is 18.1 Å². The van der Waals surface area contributed by atoms with Crippen LogP contribution >= 0.6 is 15.9 Å². The van der Waals surface area contributed by atoms with Gasteiger partial charge in [-0.3, -0.25) is 10.1 Å². The number of halogens is 1. The van der Waals surface area contributed by atoms with Crippen molar-refractivity contribution in [3.63, 3.8) is 0 Å². The third kappa shape index (κ3) is 3.68. The molecule has 1 N–H and O–H groups in total. The average molecular weight is 393 g/mol. The fourth-order valence-electron chi connectivity index (χ4n) is 2.57. The van der Waals surface area contributed by atoms with E-state index >= 15 is 0 Å². The van der Waals surface area contributed by atoms with Gasteiger partial charge in [-0.2, -0.15) is 0 Å². The Morgan fingerprint density at radius 1 is 1.25 bits per heavy atom. The number of rotatable bonds is 5. The molecule has 0 amide bonds. The molecule has 1 heterocycles. The van der Waals surface area contributed by atoms with Crippen LogP contribution in [-0.2, 0) is 6.54 Å². The highest BCUT2D eigenvalue weighted by molar-refractivity contribution is 9.10. The summed E-state index contributed by atoms with van der Waals surface area (Å²) in [6, 6.07) is 10.5. The van der Waals surface area contributed by atoms with Gasteiger partial charge in [-0.25, -0.2) is 0 Å². The van der Waals surface area contributed by atoms with Crippen molar-refractivity contribution in [3.05, 3.63) is 62.1 Å². The Hall–Kier alpha value is -2.12. The van der Waals surface area contributed by atoms with Crippen molar-refractivity contribution in [3.8, 4) is 11.5 Å². The van der Waals surface area contributed by atoms with Gasteiger partial charge in [0.25, 0.3) is 5.69 Å². The summed E-state index contributed by atoms with van der Waals surface area (Å²) in [5.41, 5.74) is 2.01. The number of nitrogens with zero attached hydrogens (tertiary/aromatic N) is 1. The molecule has 0 fully saturated rings. The van der Waals surface area contributed by atoms with Crippen molar-refractivity contribution in [1.29, 1.82) is 0 Å². The third-order valence-corrected chi connectivity index (χ3v) is 4.55. The zero-order valence-corrected chi connectivity index (χ0v) is 14.7. The maximum atomic E-state index is 10.8. The van der Waals surface area contributed by atoms with E-state index in [1.54, 1.807) is 12.1 Å². The lowest BCUT2D eigenvalue weighted by Crippen LogP contribution is -2.20. The number of hydrogen-bond donors (Lipinski definition) is 1. The maximum Gasteiger partial charge on any atom is 0.269 e. The Labute approximate surface area is 148 Å². The number of ether oxygens (including phenoxy) is 2. The quantitative estimate of drug-likeness (QED) is 0.615. The van der Waals surface area contributed by atoms with Crippen molar-refractivity contribution < 1.29 is 14.4 Å². The molecule has 7 heteroatoms. The van der Waals surface area contributed by atoms with Crippen molar-refractivity contribution >= 4 is 21.6 Å². The minimum atomic E-state index is -0.385. The molecule has 24 heavy (non-hydrogen) atoms. The number of non-ortho nitro benzene ring substituents is 1. The topological polar surface area (TPSA) is 73.6 Å². The lowest BCUT2D eigenvalue weighted by Gasteiger charge is -2.22. The maximum absolute atomic E-state index is 10.8. The van der Waals surface area contributed by atoms with Crippen LogP contribution in [0.4, 0.5) is 5.69 Å². The summed E-state index contributed by atoms with van der Waals surface area (Å²) in [5.74, 6) is 1.48. The molecular formula is C17H17BrN2O4. The second-order valence-electron chi connectivity index (χ2n) is 5.55. The Balaban J connectivity index is 1.72. The van der Waals surface area contributed by atoms with Gasteiger partial charge in [-0.05, 0) is 30.2 Å². The molecule has 3 rings (SSSR count). The van der Waals surface area contributed by atoms with Crippen LogP contribution in [0.1, 0.15) is 24.1 Å². The molecule has 1 unspecified atom stereocenters. The summed E-state index contributed by atoms with van der Waals surface area (Å²) < 4.78 is 12.1. The van der Waals surface area contributed by atoms with Crippen molar-refractivity contribution in [2.45, 2.75) is 19.5 Å². The first-order valence-corrected chi connectivity index (χ1v) is 8.39. The zero-order valence-electron chi connectivity index (χ0n) is 13.1. The first-order chi connectivity index (χ1) is 11.5. The molecule has 6 nitrogen and oxygen atoms in total. The smallest absolute Gasteiger partial charge is 0.269 e. The van der Waals surface area contributed by atoms with E-state index in [-0.39, 0.29) is 16.7 Å². The molecule has 2 aromatic rings. The van der Waals surface area contributed by atoms with Crippen molar-refractivity contribution in [1.82, 2.24) is 5.32 Å². The van der Waals surface area contributed by atoms with E-state index in [0.717, 1.165) is 27.1 Å². The lowest BCUT2D eigenvalue weighted by atomic mass is 10.1. The number of nitro groups is 1. The number of fused-ring (bicyclic) bond motifs is 1. The average Bonchev–Trinajstić information content (AvgIpc) is 2.59. The van der Waals surface area contributed by atoms with E-state index in [0.29, 0.717) is 19.8 Å². The second-order valence-corrected chi connectivity index (χ2v) is 6.40. The van der Waals surface area contributed by atoms with E-state index in [1.165, 1.54) is 6.07 Å². The van der Waals surface area contributed by atoms with Gasteiger partial charge >= 0.3 is 0 Å². The number of nitro benzene ring substituents is 1. The Bertz CT molecular complexity index is 766. The van der Waals surface area contributed by atoms with Crippen LogP contribution < -0.4 is 14.8 Å². The molecule has 1 atom stereocenters. The van der Waals surface area contributed by atoms with Gasteiger partial charge in [0, 0.05) is 29.2 Å². The molecule has 0 aromatic heterocycles. The molecule has 1 aliphatic heterocycles. The highest BCUT2D eigenvalue weighted by Crippen LogP contribution is 2.37. The highest BCUT2D eigenvalue weighted by Gasteiger charge is 2.18. The Morgan fingerprint density at radius 2 is 1.96 bits per heavy atom. The molecule has 0 spiro atoms.